The lowest BCUT2D eigenvalue weighted by Gasteiger charge is -2.11. The summed E-state index contributed by atoms with van der Waals surface area (Å²) in [5, 5.41) is 0. The van der Waals surface area contributed by atoms with Crippen LogP contribution in [-0.2, 0) is 60.7 Å². The van der Waals surface area contributed by atoms with Crippen LogP contribution in [0.2, 0.25) is 0 Å². The number of halogens is 4. The van der Waals surface area contributed by atoms with Crippen molar-refractivity contribution in [3.63, 3.8) is 0 Å². The third-order valence-corrected chi connectivity index (χ3v) is 13.3. The Morgan fingerprint density at radius 2 is 0.757 bits per heavy atom. The second-order valence-electron chi connectivity index (χ2n) is 17.1. The van der Waals surface area contributed by atoms with Gasteiger partial charge in [0.25, 0.3) is 0 Å². The van der Waals surface area contributed by atoms with Gasteiger partial charge in [-0.05, 0) is 147 Å². The predicted molar refractivity (Wildman–Crippen MR) is 276 cm³/mol. The summed E-state index contributed by atoms with van der Waals surface area (Å²) in [7, 11) is -6.24. The largest absolute Gasteiger partial charge is 0.796 e. The van der Waals surface area contributed by atoms with Crippen LogP contribution in [0.15, 0.2) is 97.3 Å². The van der Waals surface area contributed by atoms with Gasteiger partial charge < -0.3 is 29.2 Å². The fourth-order valence-corrected chi connectivity index (χ4v) is 9.99. The number of benzene rings is 3. The van der Waals surface area contributed by atoms with Gasteiger partial charge in [-0.15, -0.1) is 0 Å². The standard InChI is InChI=1S/C56H60B2F4N4O4/c1-9-33-31-63-55(41(33)11-3)49(69-57(59)60)29-47(67)53-45(15-7)43(13-5)51(65-53)39-24-18-22-37(27-39)35-20-17-21-36(26-35)38-23-19-25-40(28-38)52-44(14-6)46(16-8)54(66-52)48(68)30-50(70-58(61)62)56-42(12-4)34(10-2)32-64-56/h17-32,63-66H,9-16H2,1-8H3/b49-29-,50-30-. The SMILES string of the molecule is CCc1c[nH]c(/C(=C/C(=O)c2[nH]c(-c3cccc(-c4cccc(-c5cccc(-c6[nH]c(C(=O)/C=C(\OB(F)F)c7[nH]cc(CC)c7CC)c(CC)c6CC)c5)c4)c3)c(CC)c2CC)OB(F)F)c1CC. The molecule has 4 aromatic heterocycles. The van der Waals surface area contributed by atoms with E-state index in [1.807, 2.05) is 110 Å². The molecule has 4 N–H and O–H groups in total. The van der Waals surface area contributed by atoms with E-state index in [-0.39, 0.29) is 11.5 Å². The molecule has 8 nitrogen and oxygen atoms in total. The minimum Gasteiger partial charge on any atom is -0.503 e. The fraction of sp³-hybridized carbons (Fsp3) is 0.286. The number of nitrogens with one attached hydrogen (secondary N) is 4. The van der Waals surface area contributed by atoms with E-state index in [1.165, 1.54) is 12.2 Å². The Morgan fingerprint density at radius 1 is 0.443 bits per heavy atom. The van der Waals surface area contributed by atoms with Crippen molar-refractivity contribution in [1.82, 2.24) is 19.9 Å². The molecular weight excluding hydrogens is 890 g/mol. The van der Waals surface area contributed by atoms with Crippen molar-refractivity contribution in [2.45, 2.75) is 107 Å². The predicted octanol–water partition coefficient (Wildman–Crippen LogP) is 14.5. The Balaban J connectivity index is 1.22. The second kappa shape index (κ2) is 22.6. The van der Waals surface area contributed by atoms with Gasteiger partial charge in [0.1, 0.15) is 11.5 Å². The molecule has 3 aromatic carbocycles. The van der Waals surface area contributed by atoms with E-state index < -0.39 is 26.5 Å². The van der Waals surface area contributed by atoms with Crippen LogP contribution in [0.25, 0.3) is 56.3 Å². The molecule has 0 aliphatic carbocycles. The maximum Gasteiger partial charge on any atom is 0.796 e. The van der Waals surface area contributed by atoms with E-state index in [9.17, 15) is 26.9 Å². The summed E-state index contributed by atoms with van der Waals surface area (Å²) in [6.45, 7) is 15.9. The summed E-state index contributed by atoms with van der Waals surface area (Å²) in [6.07, 6.45) is 10.8. The molecule has 0 atom stereocenters. The summed E-state index contributed by atoms with van der Waals surface area (Å²) >= 11 is 0. The number of aromatic amines is 4. The quantitative estimate of drug-likeness (QED) is 0.0178. The first-order valence-electron chi connectivity index (χ1n) is 24.4. The van der Waals surface area contributed by atoms with Crippen molar-refractivity contribution in [3.8, 4) is 44.8 Å². The summed E-state index contributed by atoms with van der Waals surface area (Å²) in [6, 6.07) is 24.4. The molecule has 0 aliphatic rings. The molecular formula is C56H60B2F4N4O4. The van der Waals surface area contributed by atoms with Crippen molar-refractivity contribution < 1.29 is 36.2 Å². The van der Waals surface area contributed by atoms with Crippen LogP contribution in [0, 0.1) is 0 Å². The molecule has 0 radical (unpaired) electrons. The molecule has 0 spiro atoms. The van der Waals surface area contributed by atoms with Crippen LogP contribution in [0.4, 0.5) is 17.3 Å². The average Bonchev–Trinajstić information content (AvgIpc) is 4.17. The average molecular weight is 951 g/mol. The zero-order valence-electron chi connectivity index (χ0n) is 41.2. The van der Waals surface area contributed by atoms with E-state index in [1.54, 1.807) is 12.4 Å². The van der Waals surface area contributed by atoms with E-state index in [0.29, 0.717) is 74.1 Å². The van der Waals surface area contributed by atoms with Gasteiger partial charge in [-0.25, -0.2) is 17.3 Å². The Labute approximate surface area is 408 Å². The van der Waals surface area contributed by atoms with Gasteiger partial charge in [0, 0.05) is 35.9 Å². The van der Waals surface area contributed by atoms with Crippen molar-refractivity contribution >= 4 is 38.0 Å². The van der Waals surface area contributed by atoms with Crippen LogP contribution in [0.3, 0.4) is 0 Å². The van der Waals surface area contributed by atoms with Crippen molar-refractivity contribution in [3.05, 3.63) is 165 Å². The Bertz CT molecular complexity index is 2870. The van der Waals surface area contributed by atoms with Gasteiger partial charge in [0.2, 0.25) is 11.6 Å². The normalized spacial score (nSPS) is 11.9. The number of hydrogen-bond donors (Lipinski definition) is 4. The minimum absolute atomic E-state index is 0.199. The first kappa shape index (κ1) is 50.9. The highest BCUT2D eigenvalue weighted by molar-refractivity contribution is 6.36. The van der Waals surface area contributed by atoms with Crippen molar-refractivity contribution in [2.75, 3.05) is 0 Å². The highest BCUT2D eigenvalue weighted by atomic mass is 19.2. The first-order valence-corrected chi connectivity index (χ1v) is 24.4. The molecule has 0 amide bonds. The number of carbonyl (C=O) groups excluding carboxylic acids is 2. The number of aryl methyl sites for hydroxylation is 2. The maximum absolute atomic E-state index is 14.1. The highest BCUT2D eigenvalue weighted by Gasteiger charge is 2.29. The molecule has 14 heteroatoms. The van der Waals surface area contributed by atoms with Crippen LogP contribution < -0.4 is 0 Å². The lowest BCUT2D eigenvalue weighted by molar-refractivity contribution is 0.103. The summed E-state index contributed by atoms with van der Waals surface area (Å²) in [4.78, 5) is 41.2. The molecule has 0 fully saturated rings. The Kier molecular flexibility index (Phi) is 16.5. The van der Waals surface area contributed by atoms with E-state index >= 15 is 0 Å². The number of ketones is 2. The molecule has 0 saturated carbocycles. The Morgan fingerprint density at radius 3 is 1.06 bits per heavy atom. The van der Waals surface area contributed by atoms with E-state index in [4.69, 9.17) is 9.31 Å². The number of aromatic nitrogens is 4. The number of rotatable bonds is 22. The molecule has 0 saturated heterocycles. The smallest absolute Gasteiger partial charge is 0.503 e. The Hall–Kier alpha value is -6.95. The van der Waals surface area contributed by atoms with E-state index in [2.05, 4.69) is 38.1 Å². The third-order valence-electron chi connectivity index (χ3n) is 13.3. The molecule has 0 bridgehead atoms. The van der Waals surface area contributed by atoms with Crippen LogP contribution in [0.1, 0.15) is 132 Å². The topological polar surface area (TPSA) is 116 Å². The summed E-state index contributed by atoms with van der Waals surface area (Å²) in [5.41, 5.74) is 15.8. The minimum atomic E-state index is -3.12. The van der Waals surface area contributed by atoms with Gasteiger partial charge in [-0.2, -0.15) is 0 Å². The molecule has 4 heterocycles. The second-order valence-corrected chi connectivity index (χ2v) is 17.1. The zero-order chi connectivity index (χ0) is 50.2. The van der Waals surface area contributed by atoms with Crippen LogP contribution >= 0.6 is 0 Å². The highest BCUT2D eigenvalue weighted by Crippen LogP contribution is 2.37. The van der Waals surface area contributed by atoms with Gasteiger partial charge in [0.15, 0.2) is 0 Å². The molecule has 7 aromatic rings. The maximum atomic E-state index is 14.1. The molecule has 0 unspecified atom stereocenters. The summed E-state index contributed by atoms with van der Waals surface area (Å²) in [5.74, 6) is -1.31. The number of carbonyl (C=O) groups is 2. The monoisotopic (exact) mass is 950 g/mol. The van der Waals surface area contributed by atoms with E-state index in [0.717, 1.165) is 89.3 Å². The van der Waals surface area contributed by atoms with Gasteiger partial charge in [-0.1, -0.05) is 110 Å². The number of allylic oxidation sites excluding steroid dienone is 2. The molecule has 7 rings (SSSR count). The number of hydrogen-bond acceptors (Lipinski definition) is 4. The van der Waals surface area contributed by atoms with Crippen molar-refractivity contribution in [1.29, 1.82) is 0 Å². The van der Waals surface area contributed by atoms with Gasteiger partial charge >= 0.3 is 14.9 Å². The molecule has 70 heavy (non-hydrogen) atoms. The lowest BCUT2D eigenvalue weighted by atomic mass is 9.94. The van der Waals surface area contributed by atoms with Crippen LogP contribution in [0.5, 0.6) is 0 Å². The first-order chi connectivity index (χ1) is 33.8. The summed E-state index contributed by atoms with van der Waals surface area (Å²) < 4.78 is 65.2. The fourth-order valence-electron chi connectivity index (χ4n) is 9.99. The van der Waals surface area contributed by atoms with Crippen molar-refractivity contribution in [2.24, 2.45) is 0 Å². The molecule has 0 aliphatic heterocycles. The lowest BCUT2D eigenvalue weighted by Crippen LogP contribution is -2.09. The van der Waals surface area contributed by atoms with Gasteiger partial charge in [-0.3, -0.25) is 9.59 Å². The van der Waals surface area contributed by atoms with Crippen LogP contribution in [-0.4, -0.2) is 46.4 Å². The zero-order valence-corrected chi connectivity index (χ0v) is 41.2. The number of H-pyrrole nitrogens is 4. The van der Waals surface area contributed by atoms with Gasteiger partial charge in [0.05, 0.1) is 22.8 Å². The third kappa shape index (κ3) is 10.5. The molecule has 362 valence electrons.